The van der Waals surface area contributed by atoms with Gasteiger partial charge in [-0.3, -0.25) is 9.69 Å². The third-order valence-electron chi connectivity index (χ3n) is 5.51. The Morgan fingerprint density at radius 1 is 1.07 bits per heavy atom. The molecule has 28 heavy (non-hydrogen) atoms. The predicted octanol–water partition coefficient (Wildman–Crippen LogP) is 3.81. The summed E-state index contributed by atoms with van der Waals surface area (Å²) in [4.78, 5) is 15.0. The van der Waals surface area contributed by atoms with Crippen LogP contribution in [0.25, 0.3) is 0 Å². The van der Waals surface area contributed by atoms with Crippen molar-refractivity contribution in [2.45, 2.75) is 32.7 Å². The van der Waals surface area contributed by atoms with Crippen molar-refractivity contribution in [3.8, 4) is 0 Å². The SMILES string of the molecule is CC1c2cccn2CCN1Cc1ccc(C(=O)Nc2ccccc2CO)cc1. The summed E-state index contributed by atoms with van der Waals surface area (Å²) in [6, 6.07) is 19.7. The van der Waals surface area contributed by atoms with Crippen molar-refractivity contribution >= 4 is 11.6 Å². The van der Waals surface area contributed by atoms with Crippen LogP contribution < -0.4 is 5.32 Å². The van der Waals surface area contributed by atoms with Gasteiger partial charge >= 0.3 is 0 Å². The molecule has 1 amide bonds. The number of hydrogen-bond acceptors (Lipinski definition) is 3. The number of carbonyl (C=O) groups excluding carboxylic acids is 1. The topological polar surface area (TPSA) is 57.5 Å². The van der Waals surface area contributed by atoms with Gasteiger partial charge in [-0.15, -0.1) is 0 Å². The van der Waals surface area contributed by atoms with Crippen LogP contribution in [0, 0.1) is 0 Å². The highest BCUT2D eigenvalue weighted by Gasteiger charge is 2.23. The largest absolute Gasteiger partial charge is 0.392 e. The number of nitrogens with one attached hydrogen (secondary N) is 1. The molecule has 1 aliphatic heterocycles. The Morgan fingerprint density at radius 3 is 2.64 bits per heavy atom. The number of rotatable bonds is 5. The molecule has 0 radical (unpaired) electrons. The first-order valence-corrected chi connectivity index (χ1v) is 9.64. The van der Waals surface area contributed by atoms with Crippen molar-refractivity contribution in [3.63, 3.8) is 0 Å². The number of fused-ring (bicyclic) bond motifs is 1. The Labute approximate surface area is 165 Å². The minimum absolute atomic E-state index is 0.104. The number of carbonyl (C=O) groups is 1. The molecule has 0 fully saturated rings. The van der Waals surface area contributed by atoms with E-state index in [9.17, 15) is 9.90 Å². The Kier molecular flexibility index (Phi) is 5.28. The van der Waals surface area contributed by atoms with E-state index in [1.54, 1.807) is 12.1 Å². The summed E-state index contributed by atoms with van der Waals surface area (Å²) in [5.74, 6) is -0.170. The third-order valence-corrected chi connectivity index (χ3v) is 5.51. The average molecular weight is 375 g/mol. The molecule has 0 aliphatic carbocycles. The molecule has 1 aliphatic rings. The molecule has 1 unspecified atom stereocenters. The number of aromatic nitrogens is 1. The van der Waals surface area contributed by atoms with E-state index in [1.165, 1.54) is 11.3 Å². The number of para-hydroxylation sites is 1. The van der Waals surface area contributed by atoms with Gasteiger partial charge in [0.2, 0.25) is 0 Å². The van der Waals surface area contributed by atoms with Crippen molar-refractivity contribution in [2.75, 3.05) is 11.9 Å². The summed E-state index contributed by atoms with van der Waals surface area (Å²) in [6.07, 6.45) is 2.14. The first-order valence-electron chi connectivity index (χ1n) is 9.64. The average Bonchev–Trinajstić information content (AvgIpc) is 3.21. The number of nitrogens with zero attached hydrogens (tertiary/aromatic N) is 2. The highest BCUT2D eigenvalue weighted by Crippen LogP contribution is 2.27. The molecule has 0 saturated carbocycles. The van der Waals surface area contributed by atoms with Crippen LogP contribution in [0.5, 0.6) is 0 Å². The normalized spacial score (nSPS) is 16.6. The van der Waals surface area contributed by atoms with E-state index >= 15 is 0 Å². The fourth-order valence-corrected chi connectivity index (χ4v) is 3.81. The van der Waals surface area contributed by atoms with Gasteiger partial charge in [0.15, 0.2) is 0 Å². The zero-order valence-corrected chi connectivity index (χ0v) is 16.0. The van der Waals surface area contributed by atoms with Crippen LogP contribution in [-0.2, 0) is 19.7 Å². The Morgan fingerprint density at radius 2 is 1.86 bits per heavy atom. The summed E-state index contributed by atoms with van der Waals surface area (Å²) in [5.41, 5.74) is 4.50. The number of anilines is 1. The molecule has 5 heteroatoms. The molecule has 2 aromatic carbocycles. The van der Waals surface area contributed by atoms with Crippen LogP contribution >= 0.6 is 0 Å². The molecule has 4 rings (SSSR count). The highest BCUT2D eigenvalue weighted by atomic mass is 16.3. The summed E-state index contributed by atoms with van der Waals surface area (Å²) in [6.45, 7) is 5.03. The molecule has 0 spiro atoms. The molecule has 5 nitrogen and oxygen atoms in total. The second-order valence-corrected chi connectivity index (χ2v) is 7.24. The minimum atomic E-state index is -0.170. The maximum Gasteiger partial charge on any atom is 0.255 e. The number of hydrogen-bond donors (Lipinski definition) is 2. The maximum atomic E-state index is 12.5. The van der Waals surface area contributed by atoms with Crippen LogP contribution in [0.3, 0.4) is 0 Å². The van der Waals surface area contributed by atoms with E-state index in [-0.39, 0.29) is 12.5 Å². The van der Waals surface area contributed by atoms with Crippen molar-refractivity contribution in [2.24, 2.45) is 0 Å². The second-order valence-electron chi connectivity index (χ2n) is 7.24. The quantitative estimate of drug-likeness (QED) is 0.713. The molecular weight excluding hydrogens is 350 g/mol. The first kappa shape index (κ1) is 18.5. The zero-order chi connectivity index (χ0) is 19.5. The van der Waals surface area contributed by atoms with E-state index in [4.69, 9.17) is 0 Å². The monoisotopic (exact) mass is 375 g/mol. The summed E-state index contributed by atoms with van der Waals surface area (Å²) < 4.78 is 2.32. The Bertz CT molecular complexity index is 962. The van der Waals surface area contributed by atoms with Gasteiger partial charge in [-0.05, 0) is 42.8 Å². The predicted molar refractivity (Wildman–Crippen MR) is 110 cm³/mol. The third kappa shape index (κ3) is 3.72. The smallest absolute Gasteiger partial charge is 0.255 e. The van der Waals surface area contributed by atoms with Crippen LogP contribution in [0.15, 0.2) is 66.9 Å². The fourth-order valence-electron chi connectivity index (χ4n) is 3.81. The zero-order valence-electron chi connectivity index (χ0n) is 16.0. The van der Waals surface area contributed by atoms with Gasteiger partial charge in [0, 0.05) is 54.4 Å². The lowest BCUT2D eigenvalue weighted by Crippen LogP contribution is -2.35. The van der Waals surface area contributed by atoms with E-state index in [0.29, 0.717) is 22.9 Å². The van der Waals surface area contributed by atoms with Crippen LogP contribution in [0.4, 0.5) is 5.69 Å². The lowest BCUT2D eigenvalue weighted by molar-refractivity contribution is 0.102. The molecule has 3 aromatic rings. The lowest BCUT2D eigenvalue weighted by atomic mass is 10.1. The highest BCUT2D eigenvalue weighted by molar-refractivity contribution is 6.04. The molecular formula is C23H25N3O2. The van der Waals surface area contributed by atoms with Gasteiger partial charge in [0.05, 0.1) is 6.61 Å². The van der Waals surface area contributed by atoms with Gasteiger partial charge in [-0.25, -0.2) is 0 Å². The van der Waals surface area contributed by atoms with Gasteiger partial charge in [0.1, 0.15) is 0 Å². The van der Waals surface area contributed by atoms with E-state index < -0.39 is 0 Å². The second kappa shape index (κ2) is 8.00. The number of amides is 1. The van der Waals surface area contributed by atoms with Gasteiger partial charge in [-0.1, -0.05) is 30.3 Å². The van der Waals surface area contributed by atoms with E-state index in [0.717, 1.165) is 19.6 Å². The minimum Gasteiger partial charge on any atom is -0.392 e. The lowest BCUT2D eigenvalue weighted by Gasteiger charge is -2.34. The summed E-state index contributed by atoms with van der Waals surface area (Å²) in [5, 5.41) is 12.3. The molecule has 0 saturated heterocycles. The number of aliphatic hydroxyl groups excluding tert-OH is 1. The van der Waals surface area contributed by atoms with Crippen molar-refractivity contribution in [3.05, 3.63) is 89.2 Å². The Hall–Kier alpha value is -2.89. The molecule has 1 atom stereocenters. The molecule has 0 bridgehead atoms. The van der Waals surface area contributed by atoms with Crippen LogP contribution in [0.1, 0.15) is 40.1 Å². The van der Waals surface area contributed by atoms with E-state index in [1.807, 2.05) is 36.4 Å². The summed E-state index contributed by atoms with van der Waals surface area (Å²) >= 11 is 0. The van der Waals surface area contributed by atoms with Crippen molar-refractivity contribution in [1.29, 1.82) is 0 Å². The molecule has 144 valence electrons. The molecule has 2 heterocycles. The van der Waals surface area contributed by atoms with Gasteiger partial charge in [-0.2, -0.15) is 0 Å². The number of benzene rings is 2. The van der Waals surface area contributed by atoms with Crippen LogP contribution in [0.2, 0.25) is 0 Å². The van der Waals surface area contributed by atoms with Gasteiger partial charge in [0.25, 0.3) is 5.91 Å². The van der Waals surface area contributed by atoms with Crippen molar-refractivity contribution in [1.82, 2.24) is 9.47 Å². The maximum absolute atomic E-state index is 12.5. The van der Waals surface area contributed by atoms with E-state index in [2.05, 4.69) is 40.0 Å². The number of aliphatic hydroxyl groups is 1. The van der Waals surface area contributed by atoms with Crippen LogP contribution in [-0.4, -0.2) is 27.0 Å². The Balaban J connectivity index is 1.42. The molecule has 2 N–H and O–H groups in total. The van der Waals surface area contributed by atoms with Gasteiger partial charge < -0.3 is 15.0 Å². The fraction of sp³-hybridized carbons (Fsp3) is 0.261. The summed E-state index contributed by atoms with van der Waals surface area (Å²) in [7, 11) is 0. The molecule has 1 aromatic heterocycles. The van der Waals surface area contributed by atoms with Crippen molar-refractivity contribution < 1.29 is 9.90 Å². The first-order chi connectivity index (χ1) is 13.7. The standard InChI is InChI=1S/C23H25N3O2/c1-17-22-7-4-12-25(22)13-14-26(17)15-18-8-10-19(11-9-18)23(28)24-21-6-3-2-5-20(21)16-27/h2-12,17,27H,13-16H2,1H3,(H,24,28).